The molecular weight excluding hydrogens is 294 g/mol. The second-order valence-corrected chi connectivity index (χ2v) is 6.68. The molecule has 1 aromatic carbocycles. The van der Waals surface area contributed by atoms with E-state index in [-0.39, 0.29) is 6.10 Å². The zero-order valence-corrected chi connectivity index (χ0v) is 14.0. The van der Waals surface area contributed by atoms with Crippen LogP contribution in [-0.2, 0) is 0 Å². The summed E-state index contributed by atoms with van der Waals surface area (Å²) in [5.41, 5.74) is 2.14. The molecule has 0 aliphatic carbocycles. The molecule has 5 heteroatoms. The fourth-order valence-electron chi connectivity index (χ4n) is 2.33. The van der Waals surface area contributed by atoms with Gasteiger partial charge in [-0.1, -0.05) is 12.1 Å². The molecule has 0 amide bonds. The molecule has 22 heavy (non-hydrogen) atoms. The number of aromatic nitrogens is 2. The van der Waals surface area contributed by atoms with E-state index >= 15 is 0 Å². The number of fused-ring (bicyclic) bond motifs is 1. The predicted octanol–water partition coefficient (Wildman–Crippen LogP) is 4.84. The van der Waals surface area contributed by atoms with Gasteiger partial charge in [0.15, 0.2) is 0 Å². The first-order chi connectivity index (χ1) is 10.6. The van der Waals surface area contributed by atoms with Gasteiger partial charge in [-0.05, 0) is 45.4 Å². The van der Waals surface area contributed by atoms with E-state index in [0.717, 1.165) is 27.5 Å². The number of benzene rings is 1. The summed E-state index contributed by atoms with van der Waals surface area (Å²) in [6.07, 6.45) is 1.73. The quantitative estimate of drug-likeness (QED) is 0.748. The van der Waals surface area contributed by atoms with Gasteiger partial charge in [-0.25, -0.2) is 9.97 Å². The lowest BCUT2D eigenvalue weighted by Crippen LogP contribution is -2.07. The van der Waals surface area contributed by atoms with Gasteiger partial charge in [-0.15, -0.1) is 11.3 Å². The fourth-order valence-corrected chi connectivity index (χ4v) is 3.33. The number of ether oxygens (including phenoxy) is 1. The third-order valence-electron chi connectivity index (χ3n) is 3.47. The molecular formula is C17H19N3OS. The Kier molecular flexibility index (Phi) is 3.98. The van der Waals surface area contributed by atoms with E-state index in [1.807, 2.05) is 38.1 Å². The molecule has 0 atom stereocenters. The van der Waals surface area contributed by atoms with Crippen molar-refractivity contribution in [2.45, 2.75) is 33.8 Å². The van der Waals surface area contributed by atoms with E-state index < -0.39 is 0 Å². The number of nitrogens with zero attached hydrogens (tertiary/aromatic N) is 2. The zero-order chi connectivity index (χ0) is 15.7. The Balaban J connectivity index is 2.04. The highest BCUT2D eigenvalue weighted by Gasteiger charge is 2.13. The Bertz CT molecular complexity index is 811. The Morgan fingerprint density at radius 1 is 1.14 bits per heavy atom. The minimum Gasteiger partial charge on any atom is -0.489 e. The second-order valence-electron chi connectivity index (χ2n) is 5.47. The molecule has 3 aromatic rings. The first kappa shape index (κ1) is 14.8. The molecule has 2 aromatic heterocycles. The molecule has 1 N–H and O–H groups in total. The van der Waals surface area contributed by atoms with Crippen LogP contribution in [0.2, 0.25) is 0 Å². The summed E-state index contributed by atoms with van der Waals surface area (Å²) < 4.78 is 5.86. The first-order valence-corrected chi connectivity index (χ1v) is 8.11. The van der Waals surface area contributed by atoms with E-state index in [4.69, 9.17) is 4.74 Å². The van der Waals surface area contributed by atoms with E-state index in [9.17, 15) is 0 Å². The Hall–Kier alpha value is -2.14. The third kappa shape index (κ3) is 2.76. The van der Waals surface area contributed by atoms with Crippen LogP contribution in [0.1, 0.15) is 24.3 Å². The molecule has 0 aliphatic heterocycles. The average Bonchev–Trinajstić information content (AvgIpc) is 2.77. The van der Waals surface area contributed by atoms with E-state index in [1.54, 1.807) is 17.7 Å². The van der Waals surface area contributed by atoms with Crippen molar-refractivity contribution in [1.29, 1.82) is 0 Å². The summed E-state index contributed by atoms with van der Waals surface area (Å²) >= 11 is 1.70. The normalized spacial score (nSPS) is 11.1. The number of para-hydroxylation sites is 2. The van der Waals surface area contributed by atoms with Gasteiger partial charge in [-0.3, -0.25) is 0 Å². The molecule has 3 rings (SSSR count). The predicted molar refractivity (Wildman–Crippen MR) is 92.4 cm³/mol. The van der Waals surface area contributed by atoms with Crippen molar-refractivity contribution < 1.29 is 4.74 Å². The van der Waals surface area contributed by atoms with Gasteiger partial charge < -0.3 is 10.1 Å². The Labute approximate surface area is 134 Å². The van der Waals surface area contributed by atoms with Crippen LogP contribution in [0.3, 0.4) is 0 Å². The van der Waals surface area contributed by atoms with Crippen LogP contribution in [0.4, 0.5) is 11.5 Å². The van der Waals surface area contributed by atoms with Gasteiger partial charge >= 0.3 is 0 Å². The van der Waals surface area contributed by atoms with Crippen molar-refractivity contribution in [3.8, 4) is 5.75 Å². The van der Waals surface area contributed by atoms with E-state index in [2.05, 4.69) is 29.1 Å². The highest BCUT2D eigenvalue weighted by Crippen LogP contribution is 2.35. The van der Waals surface area contributed by atoms with Crippen molar-refractivity contribution in [2.75, 3.05) is 5.32 Å². The standard InChI is InChI=1S/C17H19N3OS/c1-10(2)21-14-8-6-5-7-13(14)20-16-15-11(3)12(4)22-17(15)19-9-18-16/h5-10H,1-4H3,(H,18,19,20). The topological polar surface area (TPSA) is 47.0 Å². The minimum absolute atomic E-state index is 0.124. The van der Waals surface area contributed by atoms with Gasteiger partial charge in [0.1, 0.15) is 22.7 Å². The maximum Gasteiger partial charge on any atom is 0.143 e. The van der Waals surface area contributed by atoms with Crippen LogP contribution < -0.4 is 10.1 Å². The summed E-state index contributed by atoms with van der Waals surface area (Å²) in [5.74, 6) is 1.65. The molecule has 2 heterocycles. The highest BCUT2D eigenvalue weighted by molar-refractivity contribution is 7.18. The molecule has 0 saturated carbocycles. The number of aryl methyl sites for hydroxylation is 2. The SMILES string of the molecule is Cc1sc2ncnc(Nc3ccccc3OC(C)C)c2c1C. The molecule has 0 radical (unpaired) electrons. The molecule has 114 valence electrons. The van der Waals surface area contributed by atoms with Gasteiger partial charge in [0.2, 0.25) is 0 Å². The molecule has 0 fully saturated rings. The summed E-state index contributed by atoms with van der Waals surface area (Å²) in [5, 5.41) is 4.49. The average molecular weight is 313 g/mol. The van der Waals surface area contributed by atoms with Crippen LogP contribution in [0, 0.1) is 13.8 Å². The lowest BCUT2D eigenvalue weighted by atomic mass is 10.2. The van der Waals surface area contributed by atoms with Gasteiger partial charge in [0.05, 0.1) is 17.2 Å². The van der Waals surface area contributed by atoms with Crippen LogP contribution in [0.25, 0.3) is 10.2 Å². The molecule has 0 bridgehead atoms. The summed E-state index contributed by atoms with van der Waals surface area (Å²) in [6.45, 7) is 8.26. The molecule has 0 aliphatic rings. The number of hydrogen-bond donors (Lipinski definition) is 1. The maximum absolute atomic E-state index is 5.86. The number of hydrogen-bond acceptors (Lipinski definition) is 5. The molecule has 0 spiro atoms. The van der Waals surface area contributed by atoms with Crippen molar-refractivity contribution in [2.24, 2.45) is 0 Å². The van der Waals surface area contributed by atoms with E-state index in [1.165, 1.54) is 10.4 Å². The van der Waals surface area contributed by atoms with E-state index in [0.29, 0.717) is 0 Å². The largest absolute Gasteiger partial charge is 0.489 e. The molecule has 0 unspecified atom stereocenters. The van der Waals surface area contributed by atoms with Crippen LogP contribution >= 0.6 is 11.3 Å². The van der Waals surface area contributed by atoms with Gasteiger partial charge in [-0.2, -0.15) is 0 Å². The monoisotopic (exact) mass is 313 g/mol. The maximum atomic E-state index is 5.86. The number of thiophene rings is 1. The molecule has 4 nitrogen and oxygen atoms in total. The van der Waals surface area contributed by atoms with Crippen molar-refractivity contribution in [1.82, 2.24) is 9.97 Å². The summed E-state index contributed by atoms with van der Waals surface area (Å²) in [7, 11) is 0. The third-order valence-corrected chi connectivity index (χ3v) is 4.58. The van der Waals surface area contributed by atoms with Crippen LogP contribution in [0.15, 0.2) is 30.6 Å². The summed E-state index contributed by atoms with van der Waals surface area (Å²) in [4.78, 5) is 11.1. The number of anilines is 2. The van der Waals surface area contributed by atoms with Crippen molar-refractivity contribution in [3.63, 3.8) is 0 Å². The fraction of sp³-hybridized carbons (Fsp3) is 0.294. The van der Waals surface area contributed by atoms with Crippen molar-refractivity contribution >= 4 is 33.1 Å². The molecule has 0 saturated heterocycles. The van der Waals surface area contributed by atoms with Gasteiger partial charge in [0.25, 0.3) is 0 Å². The number of nitrogens with one attached hydrogen (secondary N) is 1. The van der Waals surface area contributed by atoms with Crippen LogP contribution in [-0.4, -0.2) is 16.1 Å². The van der Waals surface area contributed by atoms with Crippen molar-refractivity contribution in [3.05, 3.63) is 41.0 Å². The second kappa shape index (κ2) is 5.93. The zero-order valence-electron chi connectivity index (χ0n) is 13.2. The van der Waals surface area contributed by atoms with Gasteiger partial charge in [0, 0.05) is 4.88 Å². The minimum atomic E-state index is 0.124. The summed E-state index contributed by atoms with van der Waals surface area (Å²) in [6, 6.07) is 7.92. The highest BCUT2D eigenvalue weighted by atomic mass is 32.1. The Morgan fingerprint density at radius 2 is 1.91 bits per heavy atom. The van der Waals surface area contributed by atoms with Crippen LogP contribution in [0.5, 0.6) is 5.75 Å². The lowest BCUT2D eigenvalue weighted by molar-refractivity contribution is 0.244. The number of rotatable bonds is 4. The Morgan fingerprint density at radius 3 is 2.68 bits per heavy atom. The lowest BCUT2D eigenvalue weighted by Gasteiger charge is -2.15. The first-order valence-electron chi connectivity index (χ1n) is 7.29. The smallest absolute Gasteiger partial charge is 0.143 e.